The lowest BCUT2D eigenvalue weighted by Crippen LogP contribution is -2.43. The lowest BCUT2D eigenvalue weighted by molar-refractivity contribution is -0.140. The van der Waals surface area contributed by atoms with E-state index in [0.717, 1.165) is 48.7 Å². The van der Waals surface area contributed by atoms with E-state index in [1.54, 1.807) is 6.20 Å². The highest BCUT2D eigenvalue weighted by Gasteiger charge is 2.31. The second kappa shape index (κ2) is 6.34. The van der Waals surface area contributed by atoms with Crippen LogP contribution in [-0.4, -0.2) is 44.1 Å². The van der Waals surface area contributed by atoms with Gasteiger partial charge in [0.25, 0.3) is 0 Å². The van der Waals surface area contributed by atoms with Gasteiger partial charge in [0.15, 0.2) is 0 Å². The molecule has 128 valence electrons. The lowest BCUT2D eigenvalue weighted by Gasteiger charge is -2.35. The van der Waals surface area contributed by atoms with Crippen LogP contribution in [0.1, 0.15) is 50.9 Å². The van der Waals surface area contributed by atoms with E-state index in [2.05, 4.69) is 15.2 Å². The van der Waals surface area contributed by atoms with Crippen molar-refractivity contribution in [2.75, 3.05) is 13.1 Å². The lowest BCUT2D eigenvalue weighted by atomic mass is 9.90. The molecule has 1 amide bonds. The number of amides is 1. The van der Waals surface area contributed by atoms with Crippen LogP contribution in [0.3, 0.4) is 0 Å². The Balaban J connectivity index is 1.70. The van der Waals surface area contributed by atoms with E-state index in [-0.39, 0.29) is 11.3 Å². The molecule has 3 rings (SSSR count). The van der Waals surface area contributed by atoms with Crippen molar-refractivity contribution in [1.29, 1.82) is 0 Å². The third-order valence-corrected chi connectivity index (χ3v) is 4.46. The molecule has 0 bridgehead atoms. The van der Waals surface area contributed by atoms with E-state index in [1.165, 1.54) is 0 Å². The van der Waals surface area contributed by atoms with Gasteiger partial charge in [-0.1, -0.05) is 20.8 Å². The number of H-pyrrole nitrogens is 1. The normalized spacial score (nSPS) is 16.4. The number of aromatic amines is 1. The predicted molar refractivity (Wildman–Crippen MR) is 92.4 cm³/mol. The van der Waals surface area contributed by atoms with Crippen LogP contribution >= 0.6 is 0 Å². The van der Waals surface area contributed by atoms with E-state index in [0.29, 0.717) is 5.92 Å². The minimum absolute atomic E-state index is 0.229. The standard InChI is InChI=1S/C18H25N5O/c1-12-9-14(22-21-12)16-11-19-10-15(20-16)13-5-7-23(8-6-13)17(24)18(2,3)4/h9-11,13H,5-8H2,1-4H3,(H,21,22). The van der Waals surface area contributed by atoms with Gasteiger partial charge < -0.3 is 4.90 Å². The molecule has 2 aromatic rings. The van der Waals surface area contributed by atoms with E-state index in [9.17, 15) is 4.79 Å². The Hall–Kier alpha value is -2.24. The summed E-state index contributed by atoms with van der Waals surface area (Å²) in [5.74, 6) is 0.578. The van der Waals surface area contributed by atoms with Gasteiger partial charge in [-0.3, -0.25) is 14.9 Å². The average Bonchev–Trinajstić information content (AvgIpc) is 3.00. The summed E-state index contributed by atoms with van der Waals surface area (Å²) >= 11 is 0. The number of carbonyl (C=O) groups is 1. The highest BCUT2D eigenvalue weighted by molar-refractivity contribution is 5.81. The van der Waals surface area contributed by atoms with Crippen molar-refractivity contribution in [2.24, 2.45) is 5.41 Å². The number of nitrogens with one attached hydrogen (secondary N) is 1. The minimum Gasteiger partial charge on any atom is -0.342 e. The molecule has 1 saturated heterocycles. The molecular formula is C18H25N5O. The SMILES string of the molecule is Cc1cc(-c2cncc(C3CCN(C(=O)C(C)(C)C)CC3)n2)n[nH]1. The molecular weight excluding hydrogens is 302 g/mol. The van der Waals surface area contributed by atoms with E-state index >= 15 is 0 Å². The Bertz CT molecular complexity index is 723. The van der Waals surface area contributed by atoms with Crippen LogP contribution in [0.15, 0.2) is 18.5 Å². The zero-order valence-electron chi connectivity index (χ0n) is 14.8. The van der Waals surface area contributed by atoms with Gasteiger partial charge in [0, 0.05) is 36.3 Å². The second-order valence-electron chi connectivity index (χ2n) is 7.58. The minimum atomic E-state index is -0.315. The van der Waals surface area contributed by atoms with Crippen molar-refractivity contribution in [3.8, 4) is 11.4 Å². The molecule has 0 radical (unpaired) electrons. The summed E-state index contributed by atoms with van der Waals surface area (Å²) in [7, 11) is 0. The van der Waals surface area contributed by atoms with Crippen molar-refractivity contribution in [3.63, 3.8) is 0 Å². The van der Waals surface area contributed by atoms with Crippen LogP contribution < -0.4 is 0 Å². The molecule has 1 aliphatic rings. The fourth-order valence-electron chi connectivity index (χ4n) is 3.10. The van der Waals surface area contributed by atoms with Crippen LogP contribution in [0.2, 0.25) is 0 Å². The van der Waals surface area contributed by atoms with E-state index in [1.807, 2.05) is 44.9 Å². The summed E-state index contributed by atoms with van der Waals surface area (Å²) in [5.41, 5.74) is 3.30. The summed E-state index contributed by atoms with van der Waals surface area (Å²) in [6.07, 6.45) is 5.45. The Morgan fingerprint density at radius 1 is 1.21 bits per heavy atom. The number of rotatable bonds is 2. The van der Waals surface area contributed by atoms with Crippen LogP contribution in [0.25, 0.3) is 11.4 Å². The molecule has 0 aromatic carbocycles. The molecule has 0 aliphatic carbocycles. The molecule has 1 aliphatic heterocycles. The molecule has 0 saturated carbocycles. The molecule has 6 nitrogen and oxygen atoms in total. The van der Waals surface area contributed by atoms with Gasteiger partial charge >= 0.3 is 0 Å². The Morgan fingerprint density at radius 2 is 1.92 bits per heavy atom. The zero-order valence-corrected chi connectivity index (χ0v) is 14.8. The maximum absolute atomic E-state index is 12.4. The first-order valence-corrected chi connectivity index (χ1v) is 8.48. The van der Waals surface area contributed by atoms with Gasteiger partial charge in [-0.2, -0.15) is 5.10 Å². The van der Waals surface area contributed by atoms with Gasteiger partial charge in [-0.05, 0) is 25.8 Å². The topological polar surface area (TPSA) is 74.8 Å². The maximum atomic E-state index is 12.4. The van der Waals surface area contributed by atoms with Crippen molar-refractivity contribution >= 4 is 5.91 Å². The Labute approximate surface area is 142 Å². The summed E-state index contributed by atoms with van der Waals surface area (Å²) in [6.45, 7) is 9.46. The number of piperidine rings is 1. The van der Waals surface area contributed by atoms with Gasteiger partial charge in [0.05, 0.1) is 11.9 Å². The molecule has 2 aromatic heterocycles. The number of carbonyl (C=O) groups excluding carboxylic acids is 1. The molecule has 1 N–H and O–H groups in total. The van der Waals surface area contributed by atoms with Crippen LogP contribution in [0.5, 0.6) is 0 Å². The predicted octanol–water partition coefficient (Wildman–Crippen LogP) is 2.93. The first-order chi connectivity index (χ1) is 11.3. The molecule has 3 heterocycles. The average molecular weight is 327 g/mol. The number of aryl methyl sites for hydroxylation is 1. The number of nitrogens with zero attached hydrogens (tertiary/aromatic N) is 4. The first-order valence-electron chi connectivity index (χ1n) is 8.48. The Morgan fingerprint density at radius 3 is 2.50 bits per heavy atom. The quantitative estimate of drug-likeness (QED) is 0.920. The number of hydrogen-bond donors (Lipinski definition) is 1. The van der Waals surface area contributed by atoms with Crippen molar-refractivity contribution in [1.82, 2.24) is 25.1 Å². The summed E-state index contributed by atoms with van der Waals surface area (Å²) < 4.78 is 0. The molecule has 24 heavy (non-hydrogen) atoms. The van der Waals surface area contributed by atoms with Crippen molar-refractivity contribution in [2.45, 2.75) is 46.5 Å². The third-order valence-electron chi connectivity index (χ3n) is 4.46. The van der Waals surface area contributed by atoms with E-state index < -0.39 is 0 Å². The Kier molecular flexibility index (Phi) is 4.39. The zero-order chi connectivity index (χ0) is 17.3. The summed E-state index contributed by atoms with van der Waals surface area (Å²) in [4.78, 5) is 23.5. The van der Waals surface area contributed by atoms with Crippen LogP contribution in [-0.2, 0) is 4.79 Å². The molecule has 1 fully saturated rings. The summed E-state index contributed by atoms with van der Waals surface area (Å²) in [5, 5.41) is 7.19. The van der Waals surface area contributed by atoms with Crippen molar-refractivity contribution < 1.29 is 4.79 Å². The number of likely N-dealkylation sites (tertiary alicyclic amines) is 1. The smallest absolute Gasteiger partial charge is 0.227 e. The highest BCUT2D eigenvalue weighted by Crippen LogP contribution is 2.29. The van der Waals surface area contributed by atoms with Crippen LogP contribution in [0, 0.1) is 12.3 Å². The molecule has 0 atom stereocenters. The first kappa shape index (κ1) is 16.6. The van der Waals surface area contributed by atoms with Gasteiger partial charge in [0.1, 0.15) is 11.4 Å². The molecule has 0 spiro atoms. The van der Waals surface area contributed by atoms with Crippen LogP contribution in [0.4, 0.5) is 0 Å². The molecule has 0 unspecified atom stereocenters. The van der Waals surface area contributed by atoms with Gasteiger partial charge in [0.2, 0.25) is 5.91 Å². The number of aromatic nitrogens is 4. The largest absolute Gasteiger partial charge is 0.342 e. The maximum Gasteiger partial charge on any atom is 0.227 e. The van der Waals surface area contributed by atoms with Gasteiger partial charge in [-0.25, -0.2) is 4.98 Å². The fourth-order valence-corrected chi connectivity index (χ4v) is 3.10. The van der Waals surface area contributed by atoms with Gasteiger partial charge in [-0.15, -0.1) is 0 Å². The third kappa shape index (κ3) is 3.47. The molecule has 6 heteroatoms. The highest BCUT2D eigenvalue weighted by atomic mass is 16.2. The summed E-state index contributed by atoms with van der Waals surface area (Å²) in [6, 6.07) is 1.97. The number of hydrogen-bond acceptors (Lipinski definition) is 4. The second-order valence-corrected chi connectivity index (χ2v) is 7.58. The fraction of sp³-hybridized carbons (Fsp3) is 0.556. The van der Waals surface area contributed by atoms with E-state index in [4.69, 9.17) is 4.98 Å². The van der Waals surface area contributed by atoms with Crippen molar-refractivity contribution in [3.05, 3.63) is 29.8 Å². The monoisotopic (exact) mass is 327 g/mol.